The predicted molar refractivity (Wildman–Crippen MR) is 225 cm³/mol. The SMILES string of the molecule is c1ccc(-c2ccc(-c3nc(-c4ccc5cc(-c6cccc7ccccc67)ccc5c4)nc(-c4cc(-c5ccccc5)c5ccccc5c4)n3)cc2)cc1. The zero-order valence-electron chi connectivity index (χ0n) is 29.4. The second-order valence-electron chi connectivity index (χ2n) is 13.7. The summed E-state index contributed by atoms with van der Waals surface area (Å²) in [6, 6.07) is 70.7. The Labute approximate surface area is 313 Å². The van der Waals surface area contributed by atoms with Crippen molar-refractivity contribution in [1.29, 1.82) is 0 Å². The van der Waals surface area contributed by atoms with Crippen LogP contribution >= 0.6 is 0 Å². The van der Waals surface area contributed by atoms with Crippen LogP contribution in [0.1, 0.15) is 0 Å². The number of hydrogen-bond donors (Lipinski definition) is 0. The largest absolute Gasteiger partial charge is 0.208 e. The van der Waals surface area contributed by atoms with Crippen molar-refractivity contribution in [2.75, 3.05) is 0 Å². The highest BCUT2D eigenvalue weighted by Gasteiger charge is 2.16. The predicted octanol–water partition coefficient (Wildman–Crippen LogP) is 13.3. The Kier molecular flexibility index (Phi) is 7.81. The Balaban J connectivity index is 1.11. The topological polar surface area (TPSA) is 38.7 Å². The maximum absolute atomic E-state index is 5.19. The molecule has 1 heterocycles. The smallest absolute Gasteiger partial charge is 0.164 e. The molecule has 0 aliphatic rings. The molecule has 54 heavy (non-hydrogen) atoms. The molecule has 0 radical (unpaired) electrons. The van der Waals surface area contributed by atoms with Crippen molar-refractivity contribution in [2.45, 2.75) is 0 Å². The first-order valence-electron chi connectivity index (χ1n) is 18.3. The van der Waals surface area contributed by atoms with Gasteiger partial charge in [0.15, 0.2) is 17.5 Å². The maximum Gasteiger partial charge on any atom is 0.164 e. The van der Waals surface area contributed by atoms with Gasteiger partial charge in [-0.15, -0.1) is 0 Å². The fourth-order valence-corrected chi connectivity index (χ4v) is 7.53. The first-order chi connectivity index (χ1) is 26.7. The minimum atomic E-state index is 0.635. The monoisotopic (exact) mass is 687 g/mol. The van der Waals surface area contributed by atoms with Crippen molar-refractivity contribution in [3.05, 3.63) is 200 Å². The van der Waals surface area contributed by atoms with E-state index in [4.69, 9.17) is 15.0 Å². The second kappa shape index (κ2) is 13.4. The van der Waals surface area contributed by atoms with Crippen LogP contribution in [0.3, 0.4) is 0 Å². The molecular formula is C51H33N3. The van der Waals surface area contributed by atoms with Crippen LogP contribution in [0.5, 0.6) is 0 Å². The van der Waals surface area contributed by atoms with E-state index in [9.17, 15) is 0 Å². The molecule has 0 saturated heterocycles. The van der Waals surface area contributed by atoms with E-state index in [1.54, 1.807) is 0 Å². The van der Waals surface area contributed by atoms with E-state index in [0.717, 1.165) is 49.5 Å². The normalized spacial score (nSPS) is 11.3. The zero-order valence-corrected chi connectivity index (χ0v) is 29.4. The number of rotatable bonds is 6. The molecule has 0 aliphatic heterocycles. The van der Waals surface area contributed by atoms with Gasteiger partial charge in [0.05, 0.1) is 0 Å². The number of nitrogens with zero attached hydrogens (tertiary/aromatic N) is 3. The van der Waals surface area contributed by atoms with Crippen molar-refractivity contribution in [1.82, 2.24) is 15.0 Å². The van der Waals surface area contributed by atoms with Gasteiger partial charge >= 0.3 is 0 Å². The summed E-state index contributed by atoms with van der Waals surface area (Å²) in [7, 11) is 0. The first-order valence-corrected chi connectivity index (χ1v) is 18.3. The van der Waals surface area contributed by atoms with Gasteiger partial charge in [-0.3, -0.25) is 0 Å². The molecule has 10 rings (SSSR count). The standard InChI is InChI=1S/C51H33N3/c1-3-12-34(13-4-1)35-22-24-38(25-23-35)49-52-50(54-51(53-49)44-32-41-17-8-10-20-47(41)48(33-44)37-14-5-2-6-15-37)43-29-27-39-30-42(28-26-40(39)31-43)46-21-11-18-36-16-7-9-19-45(36)46/h1-33H. The van der Waals surface area contributed by atoms with Crippen LogP contribution in [-0.2, 0) is 0 Å². The molecule has 252 valence electrons. The lowest BCUT2D eigenvalue weighted by Crippen LogP contribution is -2.00. The summed E-state index contributed by atoms with van der Waals surface area (Å²) in [5.74, 6) is 1.91. The molecule has 0 N–H and O–H groups in total. The third-order valence-corrected chi connectivity index (χ3v) is 10.3. The summed E-state index contributed by atoms with van der Waals surface area (Å²) in [5.41, 5.74) is 9.86. The summed E-state index contributed by atoms with van der Waals surface area (Å²) in [6.07, 6.45) is 0. The molecule has 3 nitrogen and oxygen atoms in total. The number of hydrogen-bond acceptors (Lipinski definition) is 3. The molecule has 0 amide bonds. The number of aromatic nitrogens is 3. The Bertz CT molecular complexity index is 2970. The van der Waals surface area contributed by atoms with Gasteiger partial charge in [-0.25, -0.2) is 15.0 Å². The van der Waals surface area contributed by atoms with E-state index in [0.29, 0.717) is 17.5 Å². The van der Waals surface area contributed by atoms with E-state index >= 15 is 0 Å². The average molecular weight is 688 g/mol. The van der Waals surface area contributed by atoms with Crippen molar-refractivity contribution in [3.8, 4) is 67.5 Å². The summed E-state index contributed by atoms with van der Waals surface area (Å²) in [5, 5.41) is 7.11. The fourth-order valence-electron chi connectivity index (χ4n) is 7.53. The molecule has 0 fully saturated rings. The van der Waals surface area contributed by atoms with E-state index < -0.39 is 0 Å². The van der Waals surface area contributed by atoms with Gasteiger partial charge in [-0.1, -0.05) is 176 Å². The molecule has 0 bridgehead atoms. The van der Waals surface area contributed by atoms with E-state index in [1.165, 1.54) is 32.8 Å². The second-order valence-corrected chi connectivity index (χ2v) is 13.7. The van der Waals surface area contributed by atoms with Crippen molar-refractivity contribution in [2.24, 2.45) is 0 Å². The number of benzene rings is 9. The van der Waals surface area contributed by atoms with Crippen LogP contribution < -0.4 is 0 Å². The van der Waals surface area contributed by atoms with E-state index in [2.05, 4.69) is 194 Å². The maximum atomic E-state index is 5.19. The molecule has 1 aromatic heterocycles. The highest BCUT2D eigenvalue weighted by atomic mass is 15.0. The highest BCUT2D eigenvalue weighted by molar-refractivity contribution is 6.01. The molecular weight excluding hydrogens is 655 g/mol. The van der Waals surface area contributed by atoms with Gasteiger partial charge in [0.2, 0.25) is 0 Å². The highest BCUT2D eigenvalue weighted by Crippen LogP contribution is 2.36. The average Bonchev–Trinajstić information content (AvgIpc) is 3.26. The van der Waals surface area contributed by atoms with Gasteiger partial charge in [0, 0.05) is 16.7 Å². The third kappa shape index (κ3) is 5.88. The van der Waals surface area contributed by atoms with Crippen LogP contribution in [0.4, 0.5) is 0 Å². The molecule has 10 aromatic rings. The Hall–Kier alpha value is -7.23. The van der Waals surface area contributed by atoms with Gasteiger partial charge in [0.1, 0.15) is 0 Å². The van der Waals surface area contributed by atoms with E-state index in [1.807, 2.05) is 6.07 Å². The van der Waals surface area contributed by atoms with Crippen molar-refractivity contribution >= 4 is 32.3 Å². The Morgan fingerprint density at radius 2 is 0.685 bits per heavy atom. The lowest BCUT2D eigenvalue weighted by molar-refractivity contribution is 1.08. The summed E-state index contributed by atoms with van der Waals surface area (Å²) in [6.45, 7) is 0. The summed E-state index contributed by atoms with van der Waals surface area (Å²) in [4.78, 5) is 15.5. The van der Waals surface area contributed by atoms with Gasteiger partial charge < -0.3 is 0 Å². The van der Waals surface area contributed by atoms with Crippen LogP contribution in [0.15, 0.2) is 200 Å². The Morgan fingerprint density at radius 1 is 0.222 bits per heavy atom. The zero-order chi connectivity index (χ0) is 35.8. The third-order valence-electron chi connectivity index (χ3n) is 10.3. The van der Waals surface area contributed by atoms with Crippen molar-refractivity contribution < 1.29 is 0 Å². The number of fused-ring (bicyclic) bond motifs is 3. The van der Waals surface area contributed by atoms with Gasteiger partial charge in [-0.05, 0) is 90.0 Å². The lowest BCUT2D eigenvalue weighted by Gasteiger charge is -2.13. The molecule has 0 aliphatic carbocycles. The summed E-state index contributed by atoms with van der Waals surface area (Å²) >= 11 is 0. The quantitative estimate of drug-likeness (QED) is 0.175. The van der Waals surface area contributed by atoms with Crippen LogP contribution in [0.2, 0.25) is 0 Å². The molecule has 0 atom stereocenters. The Morgan fingerprint density at radius 3 is 1.41 bits per heavy atom. The van der Waals surface area contributed by atoms with Crippen molar-refractivity contribution in [3.63, 3.8) is 0 Å². The molecule has 9 aromatic carbocycles. The van der Waals surface area contributed by atoms with E-state index in [-0.39, 0.29) is 0 Å². The molecule has 0 spiro atoms. The van der Waals surface area contributed by atoms with Gasteiger partial charge in [-0.2, -0.15) is 0 Å². The van der Waals surface area contributed by atoms with Gasteiger partial charge in [0.25, 0.3) is 0 Å². The molecule has 0 unspecified atom stereocenters. The van der Waals surface area contributed by atoms with Crippen LogP contribution in [0, 0.1) is 0 Å². The first kappa shape index (κ1) is 31.5. The minimum Gasteiger partial charge on any atom is -0.208 e. The summed E-state index contributed by atoms with van der Waals surface area (Å²) < 4.78 is 0. The molecule has 0 saturated carbocycles. The molecule has 3 heteroatoms. The van der Waals surface area contributed by atoms with Crippen LogP contribution in [0.25, 0.3) is 99.9 Å². The minimum absolute atomic E-state index is 0.635. The lowest BCUT2D eigenvalue weighted by atomic mass is 9.95. The fraction of sp³-hybridized carbons (Fsp3) is 0. The van der Waals surface area contributed by atoms with Crippen LogP contribution in [-0.4, -0.2) is 15.0 Å².